The first-order valence-electron chi connectivity index (χ1n) is 7.01. The lowest BCUT2D eigenvalue weighted by atomic mass is 10.1. The van der Waals surface area contributed by atoms with Crippen molar-refractivity contribution < 1.29 is 22.9 Å². The lowest BCUT2D eigenvalue weighted by molar-refractivity contribution is -0.385. The summed E-state index contributed by atoms with van der Waals surface area (Å²) >= 11 is 0. The molecule has 0 aliphatic rings. The predicted octanol–water partition coefficient (Wildman–Crippen LogP) is 3.80. The molecule has 1 amide bonds. The van der Waals surface area contributed by atoms with E-state index in [2.05, 4.69) is 0 Å². The van der Waals surface area contributed by atoms with E-state index in [0.29, 0.717) is 17.7 Å². The van der Waals surface area contributed by atoms with Gasteiger partial charge in [-0.15, -0.1) is 0 Å². The second kappa shape index (κ2) is 8.30. The molecule has 8 heteroatoms. The number of unbranched alkanes of at least 4 members (excludes halogenated alkanes) is 1. The molecule has 1 rings (SSSR count). The van der Waals surface area contributed by atoms with Crippen LogP contribution in [0.25, 0.3) is 6.08 Å². The molecule has 0 aliphatic carbocycles. The zero-order valence-corrected chi connectivity index (χ0v) is 12.5. The van der Waals surface area contributed by atoms with Crippen LogP contribution in [0.15, 0.2) is 30.3 Å². The second-order valence-electron chi connectivity index (χ2n) is 4.88. The van der Waals surface area contributed by atoms with Crippen molar-refractivity contribution in [2.75, 3.05) is 13.1 Å². The fourth-order valence-corrected chi connectivity index (χ4v) is 1.89. The molecule has 1 aromatic carbocycles. The zero-order chi connectivity index (χ0) is 17.5. The van der Waals surface area contributed by atoms with Crippen molar-refractivity contribution in [2.45, 2.75) is 25.9 Å². The normalized spacial score (nSPS) is 11.7. The molecule has 0 unspecified atom stereocenters. The number of hydrogen-bond donors (Lipinski definition) is 0. The number of para-hydroxylation sites is 1. The van der Waals surface area contributed by atoms with Crippen molar-refractivity contribution in [1.82, 2.24) is 4.90 Å². The van der Waals surface area contributed by atoms with E-state index in [0.717, 1.165) is 12.2 Å². The third kappa shape index (κ3) is 6.50. The minimum atomic E-state index is -4.49. The Morgan fingerprint density at radius 2 is 2.00 bits per heavy atom. The van der Waals surface area contributed by atoms with Gasteiger partial charge in [-0.25, -0.2) is 0 Å². The van der Waals surface area contributed by atoms with Crippen LogP contribution < -0.4 is 0 Å². The molecule has 0 saturated carbocycles. The molecule has 0 spiro atoms. The second-order valence-corrected chi connectivity index (χ2v) is 4.88. The maximum atomic E-state index is 12.5. The monoisotopic (exact) mass is 330 g/mol. The fraction of sp³-hybridized carbons (Fsp3) is 0.400. The van der Waals surface area contributed by atoms with Gasteiger partial charge in [0.1, 0.15) is 6.54 Å². The Kier molecular flexibility index (Phi) is 6.74. The first kappa shape index (κ1) is 18.7. The summed E-state index contributed by atoms with van der Waals surface area (Å²) in [4.78, 5) is 22.9. The Labute approximate surface area is 131 Å². The Morgan fingerprint density at radius 3 is 2.57 bits per heavy atom. The molecular weight excluding hydrogens is 313 g/mol. The molecule has 0 saturated heterocycles. The van der Waals surface area contributed by atoms with E-state index in [-0.39, 0.29) is 17.8 Å². The largest absolute Gasteiger partial charge is 0.406 e. The quantitative estimate of drug-likeness (QED) is 0.434. The Hall–Kier alpha value is -2.38. The summed E-state index contributed by atoms with van der Waals surface area (Å²) in [5, 5.41) is 10.9. The lowest BCUT2D eigenvalue weighted by Crippen LogP contribution is -2.38. The van der Waals surface area contributed by atoms with Crippen LogP contribution in [0.5, 0.6) is 0 Å². The summed E-state index contributed by atoms with van der Waals surface area (Å²) in [6.45, 7) is 0.447. The third-order valence-electron chi connectivity index (χ3n) is 3.00. The van der Waals surface area contributed by atoms with Gasteiger partial charge in [-0.3, -0.25) is 14.9 Å². The predicted molar refractivity (Wildman–Crippen MR) is 79.7 cm³/mol. The van der Waals surface area contributed by atoms with Crippen LogP contribution >= 0.6 is 0 Å². The van der Waals surface area contributed by atoms with E-state index >= 15 is 0 Å². The minimum Gasteiger partial charge on any atom is -0.330 e. The van der Waals surface area contributed by atoms with Crippen molar-refractivity contribution >= 4 is 17.7 Å². The van der Waals surface area contributed by atoms with Crippen LogP contribution in [0.3, 0.4) is 0 Å². The average Bonchev–Trinajstić information content (AvgIpc) is 2.48. The number of nitro groups is 1. The van der Waals surface area contributed by atoms with Crippen molar-refractivity contribution in [2.24, 2.45) is 0 Å². The average molecular weight is 330 g/mol. The minimum absolute atomic E-state index is 0.0178. The highest BCUT2D eigenvalue weighted by molar-refractivity contribution is 5.92. The van der Waals surface area contributed by atoms with E-state index in [1.54, 1.807) is 13.0 Å². The van der Waals surface area contributed by atoms with Crippen molar-refractivity contribution in [3.05, 3.63) is 46.0 Å². The summed E-state index contributed by atoms with van der Waals surface area (Å²) in [6.07, 6.45) is -1.30. The molecule has 5 nitrogen and oxygen atoms in total. The number of alkyl halides is 3. The molecule has 0 fully saturated rings. The number of halogens is 3. The summed E-state index contributed by atoms with van der Waals surface area (Å²) < 4.78 is 37.6. The molecule has 1 aromatic rings. The molecule has 0 N–H and O–H groups in total. The summed E-state index contributed by atoms with van der Waals surface area (Å²) in [6, 6.07) is 5.69. The van der Waals surface area contributed by atoms with E-state index in [1.165, 1.54) is 18.2 Å². The zero-order valence-electron chi connectivity index (χ0n) is 12.5. The smallest absolute Gasteiger partial charge is 0.330 e. The number of benzene rings is 1. The van der Waals surface area contributed by atoms with Crippen molar-refractivity contribution in [3.63, 3.8) is 0 Å². The number of rotatable bonds is 7. The molecule has 126 valence electrons. The van der Waals surface area contributed by atoms with Gasteiger partial charge >= 0.3 is 6.18 Å². The highest BCUT2D eigenvalue weighted by Gasteiger charge is 2.32. The number of carbonyl (C=O) groups excluding carboxylic acids is 1. The molecule has 0 bridgehead atoms. The van der Waals surface area contributed by atoms with Crippen LogP contribution in [-0.2, 0) is 4.79 Å². The van der Waals surface area contributed by atoms with Gasteiger partial charge in [0.15, 0.2) is 0 Å². The Bertz CT molecular complexity index is 586. The summed E-state index contributed by atoms with van der Waals surface area (Å²) in [5.74, 6) is -0.825. The van der Waals surface area contributed by atoms with E-state index in [4.69, 9.17) is 0 Å². The Balaban J connectivity index is 2.91. The number of nitro benzene ring substituents is 1. The van der Waals surface area contributed by atoms with Crippen LogP contribution in [0, 0.1) is 10.1 Å². The standard InChI is InChI=1S/C15H17F3N2O3/c1-2-3-10-19(11-15(16,17)18)14(21)9-8-12-6-4-5-7-13(12)20(22)23/h4-9H,2-3,10-11H2,1H3/b9-8+. The van der Waals surface area contributed by atoms with Gasteiger partial charge in [0, 0.05) is 18.7 Å². The fourth-order valence-electron chi connectivity index (χ4n) is 1.89. The van der Waals surface area contributed by atoms with Gasteiger partial charge in [-0.1, -0.05) is 25.5 Å². The summed E-state index contributed by atoms with van der Waals surface area (Å²) in [5.41, 5.74) is -0.0548. The van der Waals surface area contributed by atoms with Crippen molar-refractivity contribution in [1.29, 1.82) is 0 Å². The molecule has 0 aromatic heterocycles. The van der Waals surface area contributed by atoms with Crippen LogP contribution in [-0.4, -0.2) is 35.0 Å². The topological polar surface area (TPSA) is 63.5 Å². The number of amides is 1. The lowest BCUT2D eigenvalue weighted by Gasteiger charge is -2.22. The molecular formula is C15H17F3N2O3. The Morgan fingerprint density at radius 1 is 1.35 bits per heavy atom. The molecule has 23 heavy (non-hydrogen) atoms. The van der Waals surface area contributed by atoms with Gasteiger partial charge in [0.25, 0.3) is 5.69 Å². The van der Waals surface area contributed by atoms with Gasteiger partial charge in [0.05, 0.1) is 10.5 Å². The SMILES string of the molecule is CCCCN(CC(F)(F)F)C(=O)/C=C/c1ccccc1[N+](=O)[O-]. The highest BCUT2D eigenvalue weighted by Crippen LogP contribution is 2.20. The van der Waals surface area contributed by atoms with E-state index in [9.17, 15) is 28.1 Å². The molecule has 0 radical (unpaired) electrons. The maximum absolute atomic E-state index is 12.5. The van der Waals surface area contributed by atoms with Gasteiger partial charge in [0.2, 0.25) is 5.91 Å². The van der Waals surface area contributed by atoms with Crippen LogP contribution in [0.4, 0.5) is 18.9 Å². The third-order valence-corrected chi connectivity index (χ3v) is 3.00. The molecule has 0 aliphatic heterocycles. The number of nitrogens with zero attached hydrogens (tertiary/aromatic N) is 2. The molecule has 0 atom stereocenters. The van der Waals surface area contributed by atoms with Gasteiger partial charge < -0.3 is 4.90 Å². The maximum Gasteiger partial charge on any atom is 0.406 e. The van der Waals surface area contributed by atoms with Gasteiger partial charge in [-0.2, -0.15) is 13.2 Å². The molecule has 0 heterocycles. The number of carbonyl (C=O) groups is 1. The van der Waals surface area contributed by atoms with Gasteiger partial charge in [-0.05, 0) is 18.6 Å². The van der Waals surface area contributed by atoms with Crippen LogP contribution in [0.1, 0.15) is 25.3 Å². The van der Waals surface area contributed by atoms with Crippen LogP contribution in [0.2, 0.25) is 0 Å². The van der Waals surface area contributed by atoms with E-state index in [1.807, 2.05) is 0 Å². The summed E-state index contributed by atoms with van der Waals surface area (Å²) in [7, 11) is 0. The first-order valence-corrected chi connectivity index (χ1v) is 7.01. The number of hydrogen-bond acceptors (Lipinski definition) is 3. The first-order chi connectivity index (χ1) is 10.7. The van der Waals surface area contributed by atoms with Crippen molar-refractivity contribution in [3.8, 4) is 0 Å². The van der Waals surface area contributed by atoms with E-state index < -0.39 is 23.6 Å². The highest BCUT2D eigenvalue weighted by atomic mass is 19.4.